The summed E-state index contributed by atoms with van der Waals surface area (Å²) in [6.45, 7) is 0.496. The second-order valence-electron chi connectivity index (χ2n) is 8.02. The van der Waals surface area contributed by atoms with E-state index in [1.807, 2.05) is 54.6 Å². The molecule has 0 bridgehead atoms. The second-order valence-corrected chi connectivity index (χ2v) is 10.0. The number of benzene rings is 3. The van der Waals surface area contributed by atoms with Crippen LogP contribution in [0.15, 0.2) is 78.9 Å². The molecule has 5 rings (SSSR count). The largest absolute Gasteiger partial charge is 0.326 e. The molecule has 1 saturated heterocycles. The van der Waals surface area contributed by atoms with Crippen LogP contribution in [0.5, 0.6) is 0 Å². The molecule has 2 heterocycles. The Morgan fingerprint density at radius 1 is 0.909 bits per heavy atom. The number of carbonyl (C=O) groups is 1. The summed E-state index contributed by atoms with van der Waals surface area (Å²) in [5, 5.41) is 2.90. The monoisotopic (exact) mass is 460 g/mol. The number of fused-ring (bicyclic) bond motifs is 1. The van der Waals surface area contributed by atoms with E-state index in [1.165, 1.54) is 4.31 Å². The first-order valence-electron chi connectivity index (χ1n) is 10.9. The Balaban J connectivity index is 1.29. The van der Waals surface area contributed by atoms with Crippen LogP contribution in [-0.4, -0.2) is 36.2 Å². The minimum absolute atomic E-state index is 0.122. The topological polar surface area (TPSA) is 84.3 Å². The maximum Gasteiger partial charge on any atom is 0.235 e. The average Bonchev–Trinajstić information content (AvgIpc) is 3.38. The quantitative estimate of drug-likeness (QED) is 0.469. The van der Waals surface area contributed by atoms with Gasteiger partial charge >= 0.3 is 0 Å². The Morgan fingerprint density at radius 3 is 2.36 bits per heavy atom. The fourth-order valence-electron chi connectivity index (χ4n) is 4.20. The summed E-state index contributed by atoms with van der Waals surface area (Å²) in [6, 6.07) is 24.9. The minimum Gasteiger partial charge on any atom is -0.326 e. The van der Waals surface area contributed by atoms with Gasteiger partial charge in [0, 0.05) is 30.8 Å². The van der Waals surface area contributed by atoms with Crippen LogP contribution >= 0.6 is 0 Å². The number of nitrogens with zero attached hydrogens (tertiary/aromatic N) is 3. The fraction of sp³-hybridized carbons (Fsp3) is 0.200. The summed E-state index contributed by atoms with van der Waals surface area (Å²) < 4.78 is 27.7. The number of rotatable bonds is 6. The van der Waals surface area contributed by atoms with E-state index in [9.17, 15) is 13.2 Å². The highest BCUT2D eigenvalue weighted by Gasteiger charge is 2.28. The Bertz CT molecular complexity index is 1400. The van der Waals surface area contributed by atoms with Crippen LogP contribution in [0.25, 0.3) is 16.7 Å². The summed E-state index contributed by atoms with van der Waals surface area (Å²) >= 11 is 0. The molecule has 1 aliphatic heterocycles. The predicted octanol–water partition coefficient (Wildman–Crippen LogP) is 4.14. The van der Waals surface area contributed by atoms with Crippen molar-refractivity contribution in [2.24, 2.45) is 0 Å². The first-order valence-corrected chi connectivity index (χ1v) is 12.5. The third-order valence-electron chi connectivity index (χ3n) is 5.76. The molecule has 7 nitrogen and oxygen atoms in total. The van der Waals surface area contributed by atoms with Crippen molar-refractivity contribution in [3.05, 3.63) is 84.7 Å². The normalized spacial score (nSPS) is 15.1. The van der Waals surface area contributed by atoms with Crippen LogP contribution in [0.3, 0.4) is 0 Å². The van der Waals surface area contributed by atoms with Gasteiger partial charge < -0.3 is 5.32 Å². The third-order valence-corrected chi connectivity index (χ3v) is 7.63. The van der Waals surface area contributed by atoms with Crippen LogP contribution in [0.2, 0.25) is 0 Å². The van der Waals surface area contributed by atoms with E-state index in [-0.39, 0.29) is 18.1 Å². The average molecular weight is 461 g/mol. The number of hydrogen-bond donors (Lipinski definition) is 1. The molecule has 1 aromatic heterocycles. The van der Waals surface area contributed by atoms with Crippen LogP contribution in [0, 0.1) is 0 Å². The maximum atomic E-state index is 12.6. The van der Waals surface area contributed by atoms with Crippen molar-refractivity contribution in [2.45, 2.75) is 19.3 Å². The second kappa shape index (κ2) is 8.71. The molecular weight excluding hydrogens is 436 g/mol. The molecule has 0 radical (unpaired) electrons. The van der Waals surface area contributed by atoms with Crippen molar-refractivity contribution in [3.63, 3.8) is 0 Å². The summed E-state index contributed by atoms with van der Waals surface area (Å²) in [5.74, 6) is 0.884. The number of aryl methyl sites for hydroxylation is 1. The smallest absolute Gasteiger partial charge is 0.235 e. The number of aromatic nitrogens is 2. The number of imidazole rings is 1. The van der Waals surface area contributed by atoms with Crippen LogP contribution in [0.1, 0.15) is 18.7 Å². The lowest BCUT2D eigenvalue weighted by atomic mass is 10.2. The van der Waals surface area contributed by atoms with Crippen molar-refractivity contribution in [1.82, 2.24) is 9.55 Å². The van der Waals surface area contributed by atoms with Gasteiger partial charge in [0.2, 0.25) is 15.9 Å². The molecule has 4 aromatic rings. The molecule has 1 N–H and O–H groups in total. The Labute approximate surface area is 192 Å². The van der Waals surface area contributed by atoms with E-state index >= 15 is 0 Å². The van der Waals surface area contributed by atoms with Crippen molar-refractivity contribution in [1.29, 1.82) is 0 Å². The molecule has 1 aliphatic rings. The van der Waals surface area contributed by atoms with Gasteiger partial charge in [-0.2, -0.15) is 0 Å². The Kier molecular flexibility index (Phi) is 5.60. The SMILES string of the molecule is O=C(CCc1nc2ccccc2n1-c1ccccc1)Nc1ccc(N2CCCS2(=O)=O)cc1. The standard InChI is InChI=1S/C25H24N4O3S/c30-25(26-19-11-13-20(14-12-19)28-17-6-18-33(28,31)32)16-15-24-27-22-9-4-5-10-23(22)29(24)21-7-2-1-3-8-21/h1-5,7-14H,6,15-18H2,(H,26,30). The summed E-state index contributed by atoms with van der Waals surface area (Å²) in [7, 11) is -3.22. The molecule has 0 atom stereocenters. The van der Waals surface area contributed by atoms with Gasteiger partial charge in [-0.3, -0.25) is 13.7 Å². The highest BCUT2D eigenvalue weighted by molar-refractivity contribution is 7.93. The summed E-state index contributed by atoms with van der Waals surface area (Å²) in [4.78, 5) is 17.4. The Morgan fingerprint density at radius 2 is 1.64 bits per heavy atom. The number of amides is 1. The molecule has 0 unspecified atom stereocenters. The lowest BCUT2D eigenvalue weighted by Crippen LogP contribution is -2.25. The van der Waals surface area contributed by atoms with Gasteiger partial charge in [-0.05, 0) is 55.0 Å². The van der Waals surface area contributed by atoms with Crippen LogP contribution < -0.4 is 9.62 Å². The Hall–Kier alpha value is -3.65. The zero-order chi connectivity index (χ0) is 22.8. The van der Waals surface area contributed by atoms with E-state index in [0.717, 1.165) is 22.5 Å². The lowest BCUT2D eigenvalue weighted by Gasteiger charge is -2.17. The van der Waals surface area contributed by atoms with E-state index in [0.29, 0.717) is 30.8 Å². The fourth-order valence-corrected chi connectivity index (χ4v) is 5.76. The van der Waals surface area contributed by atoms with E-state index in [1.54, 1.807) is 24.3 Å². The number of nitrogens with one attached hydrogen (secondary N) is 1. The van der Waals surface area contributed by atoms with Crippen molar-refractivity contribution >= 4 is 38.3 Å². The van der Waals surface area contributed by atoms with E-state index < -0.39 is 10.0 Å². The third kappa shape index (κ3) is 4.34. The van der Waals surface area contributed by atoms with Gasteiger partial charge in [0.05, 0.1) is 22.5 Å². The van der Waals surface area contributed by atoms with Gasteiger partial charge in [0.25, 0.3) is 0 Å². The predicted molar refractivity (Wildman–Crippen MR) is 130 cm³/mol. The number of hydrogen-bond acceptors (Lipinski definition) is 4. The lowest BCUT2D eigenvalue weighted by molar-refractivity contribution is -0.116. The number of para-hydroxylation sites is 3. The molecule has 168 valence electrons. The highest BCUT2D eigenvalue weighted by atomic mass is 32.2. The molecule has 33 heavy (non-hydrogen) atoms. The molecule has 8 heteroatoms. The van der Waals surface area contributed by atoms with E-state index in [2.05, 4.69) is 9.88 Å². The van der Waals surface area contributed by atoms with Gasteiger partial charge in [-0.25, -0.2) is 13.4 Å². The summed E-state index contributed by atoms with van der Waals surface area (Å²) in [6.07, 6.45) is 1.40. The number of carbonyl (C=O) groups excluding carboxylic acids is 1. The van der Waals surface area contributed by atoms with Crippen molar-refractivity contribution < 1.29 is 13.2 Å². The highest BCUT2D eigenvalue weighted by Crippen LogP contribution is 2.26. The molecule has 1 fully saturated rings. The van der Waals surface area contributed by atoms with E-state index in [4.69, 9.17) is 4.98 Å². The van der Waals surface area contributed by atoms with Gasteiger partial charge in [-0.1, -0.05) is 30.3 Å². The zero-order valence-corrected chi connectivity index (χ0v) is 18.8. The summed E-state index contributed by atoms with van der Waals surface area (Å²) in [5.41, 5.74) is 4.17. The van der Waals surface area contributed by atoms with Crippen LogP contribution in [0.4, 0.5) is 11.4 Å². The first kappa shape index (κ1) is 21.2. The maximum absolute atomic E-state index is 12.6. The number of anilines is 2. The zero-order valence-electron chi connectivity index (χ0n) is 18.0. The molecule has 0 aliphatic carbocycles. The molecule has 1 amide bonds. The molecule has 0 saturated carbocycles. The molecule has 3 aromatic carbocycles. The molecule has 0 spiro atoms. The van der Waals surface area contributed by atoms with Crippen LogP contribution in [-0.2, 0) is 21.2 Å². The van der Waals surface area contributed by atoms with Crippen molar-refractivity contribution in [3.8, 4) is 5.69 Å². The number of sulfonamides is 1. The van der Waals surface area contributed by atoms with Gasteiger partial charge in [0.1, 0.15) is 5.82 Å². The first-order chi connectivity index (χ1) is 16.0. The van der Waals surface area contributed by atoms with Gasteiger partial charge in [-0.15, -0.1) is 0 Å². The van der Waals surface area contributed by atoms with Gasteiger partial charge in [0.15, 0.2) is 0 Å². The minimum atomic E-state index is -3.22. The van der Waals surface area contributed by atoms with Crippen molar-refractivity contribution in [2.75, 3.05) is 21.9 Å². The molecular formula is C25H24N4O3S.